The minimum atomic E-state index is 0.234. The molecule has 0 aliphatic carbocycles. The molecular weight excluding hydrogens is 330 g/mol. The summed E-state index contributed by atoms with van der Waals surface area (Å²) < 4.78 is 16.2. The van der Waals surface area contributed by atoms with Gasteiger partial charge >= 0.3 is 0 Å². The highest BCUT2D eigenvalue weighted by molar-refractivity contribution is 5.69. The zero-order valence-corrected chi connectivity index (χ0v) is 14.0. The van der Waals surface area contributed by atoms with Crippen molar-refractivity contribution < 1.29 is 13.8 Å². The Labute approximate surface area is 149 Å². The molecule has 0 bridgehead atoms. The van der Waals surface area contributed by atoms with Crippen LogP contribution in [-0.2, 0) is 4.74 Å². The fourth-order valence-electron chi connectivity index (χ4n) is 2.92. The Morgan fingerprint density at radius 2 is 1.65 bits per heavy atom. The fraction of sp³-hybridized carbons (Fsp3) is 0.150. The van der Waals surface area contributed by atoms with Crippen LogP contribution in [0.4, 0.5) is 0 Å². The minimum Gasteiger partial charge on any atom is -0.368 e. The van der Waals surface area contributed by atoms with Gasteiger partial charge in [0.05, 0.1) is 6.61 Å². The first-order chi connectivity index (χ1) is 12.8. The molecule has 1 aliphatic heterocycles. The Balaban J connectivity index is 1.46. The third-order valence-electron chi connectivity index (χ3n) is 4.47. The van der Waals surface area contributed by atoms with Gasteiger partial charge in [0, 0.05) is 16.7 Å². The molecule has 4 aromatic rings. The summed E-state index contributed by atoms with van der Waals surface area (Å²) in [6, 6.07) is 17.8. The van der Waals surface area contributed by atoms with Crippen LogP contribution in [0.2, 0.25) is 0 Å². The topological polar surface area (TPSA) is 77.5 Å². The van der Waals surface area contributed by atoms with Gasteiger partial charge in [-0.05, 0) is 12.5 Å². The minimum absolute atomic E-state index is 0.234. The second-order valence-corrected chi connectivity index (χ2v) is 6.22. The molecule has 2 aromatic heterocycles. The van der Waals surface area contributed by atoms with Crippen molar-refractivity contribution in [2.24, 2.45) is 0 Å². The molecule has 2 aromatic carbocycles. The normalized spacial score (nSPS) is 16.0. The highest BCUT2D eigenvalue weighted by atomic mass is 16.6. The number of ether oxygens (including phenoxy) is 1. The third kappa shape index (κ3) is 2.60. The molecule has 5 rings (SSSR count). The largest absolute Gasteiger partial charge is 0.368 e. The lowest BCUT2D eigenvalue weighted by molar-refractivity contribution is 0.386. The van der Waals surface area contributed by atoms with Crippen LogP contribution in [0.3, 0.4) is 0 Å². The van der Waals surface area contributed by atoms with Gasteiger partial charge in [-0.3, -0.25) is 0 Å². The van der Waals surface area contributed by atoms with Crippen molar-refractivity contribution in [3.8, 4) is 34.3 Å². The van der Waals surface area contributed by atoms with Gasteiger partial charge in [-0.15, -0.1) is 0 Å². The van der Waals surface area contributed by atoms with E-state index in [2.05, 4.69) is 15.3 Å². The first-order valence-electron chi connectivity index (χ1n) is 8.37. The molecule has 0 spiro atoms. The van der Waals surface area contributed by atoms with E-state index in [0.717, 1.165) is 34.6 Å². The lowest BCUT2D eigenvalue weighted by Gasteiger charge is -1.97. The third-order valence-corrected chi connectivity index (χ3v) is 4.47. The van der Waals surface area contributed by atoms with E-state index in [1.165, 1.54) is 0 Å². The molecule has 0 saturated carbocycles. The first-order valence-corrected chi connectivity index (χ1v) is 8.37. The second kappa shape index (κ2) is 5.93. The number of nitrogens with zero attached hydrogens (tertiary/aromatic N) is 3. The Morgan fingerprint density at radius 1 is 0.885 bits per heavy atom. The summed E-state index contributed by atoms with van der Waals surface area (Å²) >= 11 is 0. The lowest BCUT2D eigenvalue weighted by Crippen LogP contribution is -1.84. The molecule has 0 N–H and O–H groups in total. The van der Waals surface area contributed by atoms with Gasteiger partial charge in [-0.1, -0.05) is 64.9 Å². The van der Waals surface area contributed by atoms with E-state index in [0.29, 0.717) is 17.5 Å². The summed E-state index contributed by atoms with van der Waals surface area (Å²) in [5.74, 6) is 1.33. The predicted octanol–water partition coefficient (Wildman–Crippen LogP) is 4.44. The number of epoxide rings is 1. The summed E-state index contributed by atoms with van der Waals surface area (Å²) in [5.41, 5.74) is 4.67. The second-order valence-electron chi connectivity index (χ2n) is 6.22. The van der Waals surface area contributed by atoms with Gasteiger partial charge in [0.25, 0.3) is 5.89 Å². The van der Waals surface area contributed by atoms with Crippen molar-refractivity contribution in [3.63, 3.8) is 0 Å². The molecule has 6 heteroatoms. The monoisotopic (exact) mass is 345 g/mol. The van der Waals surface area contributed by atoms with Crippen molar-refractivity contribution in [2.75, 3.05) is 6.61 Å². The Bertz CT molecular complexity index is 1050. The standard InChI is InChI=1S/C20H15N3O3/c1-12-17(14-5-3-2-4-6-14)22-25-18(12)20-21-19(23-26-20)15-9-7-13(8-10-15)16-11-24-16/h2-10,16H,11H2,1H3. The molecule has 1 saturated heterocycles. The van der Waals surface area contributed by atoms with Crippen LogP contribution in [0, 0.1) is 6.92 Å². The molecule has 128 valence electrons. The first kappa shape index (κ1) is 15.0. The molecule has 1 unspecified atom stereocenters. The van der Waals surface area contributed by atoms with Crippen LogP contribution in [0.15, 0.2) is 63.6 Å². The van der Waals surface area contributed by atoms with Gasteiger partial charge in [0.1, 0.15) is 11.8 Å². The van der Waals surface area contributed by atoms with Gasteiger partial charge in [-0.25, -0.2) is 0 Å². The van der Waals surface area contributed by atoms with E-state index in [4.69, 9.17) is 13.8 Å². The van der Waals surface area contributed by atoms with E-state index in [1.54, 1.807) is 0 Å². The van der Waals surface area contributed by atoms with Crippen LogP contribution >= 0.6 is 0 Å². The molecule has 3 heterocycles. The predicted molar refractivity (Wildman–Crippen MR) is 94.1 cm³/mol. The summed E-state index contributed by atoms with van der Waals surface area (Å²) in [7, 11) is 0. The summed E-state index contributed by atoms with van der Waals surface area (Å²) in [4.78, 5) is 4.47. The summed E-state index contributed by atoms with van der Waals surface area (Å²) in [6.45, 7) is 2.72. The maximum Gasteiger partial charge on any atom is 0.297 e. The SMILES string of the molecule is Cc1c(-c2ccccc2)noc1-c1nc(-c2ccc(C3CO3)cc2)no1. The number of rotatable bonds is 4. The lowest BCUT2D eigenvalue weighted by atomic mass is 10.1. The average molecular weight is 345 g/mol. The van der Waals surface area contributed by atoms with Crippen molar-refractivity contribution in [1.82, 2.24) is 15.3 Å². The molecule has 1 fully saturated rings. The number of aromatic nitrogens is 3. The fourth-order valence-corrected chi connectivity index (χ4v) is 2.92. The maximum atomic E-state index is 5.48. The average Bonchev–Trinajstić information content (AvgIpc) is 3.30. The number of hydrogen-bond donors (Lipinski definition) is 0. The smallest absolute Gasteiger partial charge is 0.297 e. The number of benzene rings is 2. The quantitative estimate of drug-likeness (QED) is 0.509. The van der Waals surface area contributed by atoms with Crippen molar-refractivity contribution in [1.29, 1.82) is 0 Å². The Morgan fingerprint density at radius 3 is 2.38 bits per heavy atom. The van der Waals surface area contributed by atoms with E-state index in [-0.39, 0.29) is 6.10 Å². The van der Waals surface area contributed by atoms with Crippen molar-refractivity contribution in [2.45, 2.75) is 13.0 Å². The summed E-state index contributed by atoms with van der Waals surface area (Å²) in [6.07, 6.45) is 0.234. The van der Waals surface area contributed by atoms with E-state index >= 15 is 0 Å². The van der Waals surface area contributed by atoms with E-state index in [1.807, 2.05) is 61.5 Å². The molecule has 26 heavy (non-hydrogen) atoms. The van der Waals surface area contributed by atoms with E-state index < -0.39 is 0 Å². The van der Waals surface area contributed by atoms with Crippen LogP contribution in [-0.4, -0.2) is 21.9 Å². The molecule has 1 aliphatic rings. The molecular formula is C20H15N3O3. The van der Waals surface area contributed by atoms with E-state index in [9.17, 15) is 0 Å². The zero-order valence-electron chi connectivity index (χ0n) is 14.0. The van der Waals surface area contributed by atoms with Gasteiger partial charge in [0.2, 0.25) is 11.6 Å². The van der Waals surface area contributed by atoms with Crippen molar-refractivity contribution in [3.05, 3.63) is 65.7 Å². The molecule has 6 nitrogen and oxygen atoms in total. The van der Waals surface area contributed by atoms with Gasteiger partial charge < -0.3 is 13.8 Å². The van der Waals surface area contributed by atoms with Gasteiger partial charge in [-0.2, -0.15) is 4.98 Å². The molecule has 0 radical (unpaired) electrons. The maximum absolute atomic E-state index is 5.48. The summed E-state index contributed by atoms with van der Waals surface area (Å²) in [5, 5.41) is 8.24. The Hall–Kier alpha value is -3.25. The van der Waals surface area contributed by atoms with Crippen LogP contribution in [0.5, 0.6) is 0 Å². The van der Waals surface area contributed by atoms with Crippen LogP contribution in [0.1, 0.15) is 17.2 Å². The highest BCUT2D eigenvalue weighted by Crippen LogP contribution is 2.33. The van der Waals surface area contributed by atoms with Crippen LogP contribution in [0.25, 0.3) is 34.3 Å². The Kier molecular flexibility index (Phi) is 3.43. The highest BCUT2D eigenvalue weighted by Gasteiger charge is 2.25. The van der Waals surface area contributed by atoms with Crippen molar-refractivity contribution >= 4 is 0 Å². The molecule has 1 atom stereocenters. The molecule has 0 amide bonds. The zero-order chi connectivity index (χ0) is 17.5. The van der Waals surface area contributed by atoms with Gasteiger partial charge in [0.15, 0.2) is 0 Å². The van der Waals surface area contributed by atoms with Crippen LogP contribution < -0.4 is 0 Å². The number of hydrogen-bond acceptors (Lipinski definition) is 6.